The first-order valence-corrected chi connectivity index (χ1v) is 4.65. The monoisotopic (exact) mass is 175 g/mol. The number of aliphatic hydroxyl groups excluding tert-OH is 1. The first-order chi connectivity index (χ1) is 5.39. The summed E-state index contributed by atoms with van der Waals surface area (Å²) in [5.41, 5.74) is 0.0451. The van der Waals surface area contributed by atoms with Crippen molar-refractivity contribution < 1.29 is 5.11 Å². The van der Waals surface area contributed by atoms with Crippen LogP contribution in [0.3, 0.4) is 0 Å². The van der Waals surface area contributed by atoms with Crippen LogP contribution in [0.15, 0.2) is 0 Å². The van der Waals surface area contributed by atoms with Gasteiger partial charge in [0.2, 0.25) is 0 Å². The zero-order valence-corrected chi connectivity index (χ0v) is 9.52. The molecular formula is C10H25NO. The second-order valence-electron chi connectivity index (χ2n) is 4.27. The lowest BCUT2D eigenvalue weighted by Gasteiger charge is -2.25. The maximum Gasteiger partial charge on any atom is 0.0494 e. The van der Waals surface area contributed by atoms with E-state index in [4.69, 9.17) is 5.11 Å². The zero-order valence-electron chi connectivity index (χ0n) is 9.52. The minimum Gasteiger partial charge on any atom is -0.396 e. The van der Waals surface area contributed by atoms with Gasteiger partial charge in [-0.05, 0) is 14.1 Å². The molecule has 0 unspecified atom stereocenters. The second kappa shape index (κ2) is 7.56. The normalized spacial score (nSPS) is 11.0. The fourth-order valence-electron chi connectivity index (χ4n) is 0.906. The summed E-state index contributed by atoms with van der Waals surface area (Å²) in [6.07, 6.45) is 1.25. The predicted octanol–water partition coefficient (Wildman–Crippen LogP) is 1.98. The highest BCUT2D eigenvalue weighted by atomic mass is 16.3. The molecule has 2 heteroatoms. The SMILES string of the molecule is CCC.CN(C)CC(C)(C)CO. The molecule has 0 aliphatic carbocycles. The van der Waals surface area contributed by atoms with Gasteiger partial charge >= 0.3 is 0 Å². The molecule has 0 aliphatic rings. The molecule has 0 aliphatic heterocycles. The minimum atomic E-state index is 0.0451. The van der Waals surface area contributed by atoms with E-state index in [0.29, 0.717) is 0 Å². The molecule has 0 aromatic carbocycles. The number of nitrogens with zero attached hydrogens (tertiary/aromatic N) is 1. The summed E-state index contributed by atoms with van der Waals surface area (Å²) in [4.78, 5) is 2.08. The summed E-state index contributed by atoms with van der Waals surface area (Å²) in [6.45, 7) is 9.54. The van der Waals surface area contributed by atoms with Gasteiger partial charge in [0.05, 0.1) is 0 Å². The van der Waals surface area contributed by atoms with E-state index in [-0.39, 0.29) is 12.0 Å². The molecule has 0 saturated carbocycles. The molecule has 0 aromatic heterocycles. The van der Waals surface area contributed by atoms with Gasteiger partial charge in [-0.15, -0.1) is 0 Å². The number of hydrogen-bond acceptors (Lipinski definition) is 2. The van der Waals surface area contributed by atoms with Gasteiger partial charge in [-0.1, -0.05) is 34.1 Å². The van der Waals surface area contributed by atoms with Crippen molar-refractivity contribution in [2.45, 2.75) is 34.1 Å². The van der Waals surface area contributed by atoms with Crippen molar-refractivity contribution in [3.63, 3.8) is 0 Å². The highest BCUT2D eigenvalue weighted by molar-refractivity contribution is 4.68. The first kappa shape index (κ1) is 14.4. The maximum atomic E-state index is 8.82. The Morgan fingerprint density at radius 2 is 1.50 bits per heavy atom. The molecule has 1 N–H and O–H groups in total. The summed E-state index contributed by atoms with van der Waals surface area (Å²) in [6, 6.07) is 0. The lowest BCUT2D eigenvalue weighted by atomic mass is 9.95. The molecule has 0 radical (unpaired) electrons. The van der Waals surface area contributed by atoms with Gasteiger partial charge < -0.3 is 10.0 Å². The van der Waals surface area contributed by atoms with Gasteiger partial charge in [-0.25, -0.2) is 0 Å². The summed E-state index contributed by atoms with van der Waals surface area (Å²) in [7, 11) is 4.02. The predicted molar refractivity (Wildman–Crippen MR) is 55.4 cm³/mol. The number of hydrogen-bond donors (Lipinski definition) is 1. The van der Waals surface area contributed by atoms with Crippen LogP contribution >= 0.6 is 0 Å². The molecule has 0 bridgehead atoms. The highest BCUT2D eigenvalue weighted by Gasteiger charge is 2.16. The standard InChI is InChI=1S/C7H17NO.C3H8/c1-7(2,6-9)5-8(3)4;1-3-2/h9H,5-6H2,1-4H3;3H2,1-2H3. The number of aliphatic hydroxyl groups is 1. The van der Waals surface area contributed by atoms with Gasteiger partial charge in [0, 0.05) is 18.6 Å². The molecule has 0 fully saturated rings. The Balaban J connectivity index is 0. The molecule has 0 atom stereocenters. The summed E-state index contributed by atoms with van der Waals surface area (Å²) in [5, 5.41) is 8.82. The van der Waals surface area contributed by atoms with Gasteiger partial charge in [0.25, 0.3) is 0 Å². The van der Waals surface area contributed by atoms with Gasteiger partial charge in [0.15, 0.2) is 0 Å². The molecule has 0 aromatic rings. The fourth-order valence-corrected chi connectivity index (χ4v) is 0.906. The Bertz CT molecular complexity index is 89.8. The second-order valence-corrected chi connectivity index (χ2v) is 4.27. The van der Waals surface area contributed by atoms with E-state index >= 15 is 0 Å². The molecule has 2 nitrogen and oxygen atoms in total. The van der Waals surface area contributed by atoms with Crippen LogP contribution in [0, 0.1) is 5.41 Å². The third kappa shape index (κ3) is 12.6. The first-order valence-electron chi connectivity index (χ1n) is 4.65. The molecule has 0 spiro atoms. The van der Waals surface area contributed by atoms with Gasteiger partial charge in [-0.3, -0.25) is 0 Å². The van der Waals surface area contributed by atoms with Crippen molar-refractivity contribution in [3.05, 3.63) is 0 Å². The van der Waals surface area contributed by atoms with Crippen LogP contribution in [-0.4, -0.2) is 37.3 Å². The quantitative estimate of drug-likeness (QED) is 0.709. The summed E-state index contributed by atoms with van der Waals surface area (Å²) in [5.74, 6) is 0. The maximum absolute atomic E-state index is 8.82. The van der Waals surface area contributed by atoms with Crippen molar-refractivity contribution in [1.29, 1.82) is 0 Å². The smallest absolute Gasteiger partial charge is 0.0494 e. The molecule has 76 valence electrons. The van der Waals surface area contributed by atoms with Crippen LogP contribution in [0.5, 0.6) is 0 Å². The Labute approximate surface area is 77.6 Å². The van der Waals surface area contributed by atoms with Crippen molar-refractivity contribution in [3.8, 4) is 0 Å². The van der Waals surface area contributed by atoms with E-state index in [9.17, 15) is 0 Å². The molecule has 0 rings (SSSR count). The van der Waals surface area contributed by atoms with Gasteiger partial charge in [0.1, 0.15) is 0 Å². The minimum absolute atomic E-state index is 0.0451. The van der Waals surface area contributed by atoms with E-state index < -0.39 is 0 Å². The molecule has 12 heavy (non-hydrogen) atoms. The van der Waals surface area contributed by atoms with Crippen molar-refractivity contribution in [1.82, 2.24) is 4.90 Å². The third-order valence-corrected chi connectivity index (χ3v) is 1.17. The van der Waals surface area contributed by atoms with E-state index in [1.54, 1.807) is 0 Å². The average Bonchev–Trinajstić information content (AvgIpc) is 1.87. The molecule has 0 amide bonds. The van der Waals surface area contributed by atoms with E-state index in [0.717, 1.165) is 6.54 Å². The van der Waals surface area contributed by atoms with E-state index in [1.165, 1.54) is 6.42 Å². The van der Waals surface area contributed by atoms with Crippen LogP contribution in [0.2, 0.25) is 0 Å². The topological polar surface area (TPSA) is 23.5 Å². The fraction of sp³-hybridized carbons (Fsp3) is 1.00. The summed E-state index contributed by atoms with van der Waals surface area (Å²) >= 11 is 0. The number of rotatable bonds is 3. The van der Waals surface area contributed by atoms with Crippen LogP contribution < -0.4 is 0 Å². The Morgan fingerprint density at radius 1 is 1.17 bits per heavy atom. The highest BCUT2D eigenvalue weighted by Crippen LogP contribution is 2.13. The largest absolute Gasteiger partial charge is 0.396 e. The van der Waals surface area contributed by atoms with E-state index in [2.05, 4.69) is 18.7 Å². The lowest BCUT2D eigenvalue weighted by Crippen LogP contribution is -2.31. The van der Waals surface area contributed by atoms with Gasteiger partial charge in [-0.2, -0.15) is 0 Å². The van der Waals surface area contributed by atoms with Crippen LogP contribution in [0.4, 0.5) is 0 Å². The van der Waals surface area contributed by atoms with Crippen molar-refractivity contribution >= 4 is 0 Å². The third-order valence-electron chi connectivity index (χ3n) is 1.17. The van der Waals surface area contributed by atoms with Crippen LogP contribution in [0.1, 0.15) is 34.1 Å². The zero-order chi connectivity index (χ0) is 10.2. The molecular weight excluding hydrogens is 150 g/mol. The molecule has 0 heterocycles. The Kier molecular flexibility index (Phi) is 9.10. The Morgan fingerprint density at radius 3 is 1.58 bits per heavy atom. The van der Waals surface area contributed by atoms with E-state index in [1.807, 2.05) is 27.9 Å². The molecule has 0 saturated heterocycles. The van der Waals surface area contributed by atoms with Crippen molar-refractivity contribution in [2.75, 3.05) is 27.2 Å². The summed E-state index contributed by atoms with van der Waals surface area (Å²) < 4.78 is 0. The average molecular weight is 175 g/mol. The lowest BCUT2D eigenvalue weighted by molar-refractivity contribution is 0.125. The Hall–Kier alpha value is -0.0800. The van der Waals surface area contributed by atoms with Crippen molar-refractivity contribution in [2.24, 2.45) is 5.41 Å². The van der Waals surface area contributed by atoms with Crippen LogP contribution in [-0.2, 0) is 0 Å². The van der Waals surface area contributed by atoms with Crippen LogP contribution in [0.25, 0.3) is 0 Å².